The Morgan fingerprint density at radius 2 is 1.48 bits per heavy atom. The fourth-order valence-electron chi connectivity index (χ4n) is 3.36. The van der Waals surface area contributed by atoms with Crippen LogP contribution in [0.5, 0.6) is 11.5 Å². The first kappa shape index (κ1) is 21.8. The second kappa shape index (κ2) is 9.40. The highest BCUT2D eigenvalue weighted by atomic mass is 16.5. The number of hydrogen-bond donors (Lipinski definition) is 0. The minimum Gasteiger partial charge on any atom is -0.497 e. The second-order valence-electron chi connectivity index (χ2n) is 7.22. The number of ether oxygens (including phenoxy) is 3. The van der Waals surface area contributed by atoms with Crippen LogP contribution in [0.2, 0.25) is 0 Å². The van der Waals surface area contributed by atoms with Crippen LogP contribution in [0.15, 0.2) is 82.0 Å². The van der Waals surface area contributed by atoms with E-state index < -0.39 is 11.6 Å². The van der Waals surface area contributed by atoms with Gasteiger partial charge in [-0.25, -0.2) is 9.59 Å². The highest BCUT2D eigenvalue weighted by molar-refractivity contribution is 5.90. The van der Waals surface area contributed by atoms with Crippen LogP contribution in [0.3, 0.4) is 0 Å². The molecule has 0 amide bonds. The molecule has 0 aliphatic heterocycles. The van der Waals surface area contributed by atoms with Crippen molar-refractivity contribution >= 4 is 22.9 Å². The molecule has 4 rings (SSSR count). The minimum absolute atomic E-state index is 0.0768. The lowest BCUT2D eigenvalue weighted by Gasteiger charge is -2.09. The molecular formula is C26H20O7. The van der Waals surface area contributed by atoms with E-state index in [4.69, 9.17) is 18.6 Å². The van der Waals surface area contributed by atoms with E-state index in [9.17, 15) is 14.4 Å². The minimum atomic E-state index is -0.536. The summed E-state index contributed by atoms with van der Waals surface area (Å²) < 4.78 is 20.8. The Labute approximate surface area is 189 Å². The molecule has 0 N–H and O–H groups in total. The average Bonchev–Trinajstić information content (AvgIpc) is 2.82. The molecule has 0 spiro atoms. The van der Waals surface area contributed by atoms with Crippen LogP contribution in [0.1, 0.15) is 22.8 Å². The summed E-state index contributed by atoms with van der Waals surface area (Å²) in [7, 11) is 1.52. The molecule has 7 heteroatoms. The van der Waals surface area contributed by atoms with Crippen LogP contribution in [0.25, 0.3) is 22.1 Å². The molecule has 0 atom stereocenters. The molecule has 166 valence electrons. The molecule has 0 unspecified atom stereocenters. The lowest BCUT2D eigenvalue weighted by Crippen LogP contribution is -2.08. The van der Waals surface area contributed by atoms with Gasteiger partial charge in [0.1, 0.15) is 23.7 Å². The van der Waals surface area contributed by atoms with Crippen molar-refractivity contribution < 1.29 is 28.2 Å². The van der Waals surface area contributed by atoms with E-state index in [1.54, 1.807) is 54.6 Å². The third kappa shape index (κ3) is 5.10. The van der Waals surface area contributed by atoms with Gasteiger partial charge in [-0.1, -0.05) is 24.3 Å². The number of benzene rings is 3. The number of carbonyl (C=O) groups is 2. The van der Waals surface area contributed by atoms with Gasteiger partial charge >= 0.3 is 17.6 Å². The second-order valence-corrected chi connectivity index (χ2v) is 7.22. The van der Waals surface area contributed by atoms with Gasteiger partial charge in [-0.05, 0) is 47.5 Å². The molecule has 0 fully saturated rings. The van der Waals surface area contributed by atoms with Gasteiger partial charge in [0.15, 0.2) is 0 Å². The van der Waals surface area contributed by atoms with E-state index in [0.717, 1.165) is 11.1 Å². The Hall–Kier alpha value is -4.39. The molecule has 4 aromatic rings. The fourth-order valence-corrected chi connectivity index (χ4v) is 3.36. The van der Waals surface area contributed by atoms with Crippen LogP contribution < -0.4 is 15.1 Å². The molecule has 1 heterocycles. The zero-order chi connectivity index (χ0) is 23.4. The van der Waals surface area contributed by atoms with E-state index in [0.29, 0.717) is 33.6 Å². The largest absolute Gasteiger partial charge is 0.497 e. The predicted molar refractivity (Wildman–Crippen MR) is 121 cm³/mol. The van der Waals surface area contributed by atoms with Crippen LogP contribution in [-0.4, -0.2) is 19.0 Å². The first-order chi connectivity index (χ1) is 15.9. The van der Waals surface area contributed by atoms with Gasteiger partial charge < -0.3 is 18.6 Å². The number of fused-ring (bicyclic) bond motifs is 1. The van der Waals surface area contributed by atoms with E-state index >= 15 is 0 Å². The Morgan fingerprint density at radius 3 is 2.12 bits per heavy atom. The Balaban J connectivity index is 1.46. The van der Waals surface area contributed by atoms with Crippen LogP contribution >= 0.6 is 0 Å². The van der Waals surface area contributed by atoms with Gasteiger partial charge in [-0.15, -0.1) is 0 Å². The van der Waals surface area contributed by atoms with E-state index in [1.807, 2.05) is 12.1 Å². The average molecular weight is 444 g/mol. The third-order valence-electron chi connectivity index (χ3n) is 4.97. The summed E-state index contributed by atoms with van der Waals surface area (Å²) in [6.45, 7) is 1.27. The number of carbonyl (C=O) groups excluding carboxylic acids is 2. The summed E-state index contributed by atoms with van der Waals surface area (Å²) in [6, 6.07) is 20.4. The molecule has 33 heavy (non-hydrogen) atoms. The van der Waals surface area contributed by atoms with E-state index in [-0.39, 0.29) is 12.6 Å². The van der Waals surface area contributed by atoms with Gasteiger partial charge in [-0.3, -0.25) is 4.79 Å². The number of methoxy groups -OCH3 is 1. The van der Waals surface area contributed by atoms with Gasteiger partial charge in [0, 0.05) is 30.0 Å². The van der Waals surface area contributed by atoms with Crippen LogP contribution in [0.4, 0.5) is 0 Å². The lowest BCUT2D eigenvalue weighted by molar-refractivity contribution is -0.131. The molecule has 1 aromatic heterocycles. The summed E-state index contributed by atoms with van der Waals surface area (Å²) in [5.41, 5.74) is 2.54. The Kier molecular flexibility index (Phi) is 6.22. The molecule has 0 aliphatic rings. The topological polar surface area (TPSA) is 92.0 Å². The summed E-state index contributed by atoms with van der Waals surface area (Å²) >= 11 is 0. The molecule has 0 bridgehead atoms. The van der Waals surface area contributed by atoms with E-state index in [1.165, 1.54) is 20.1 Å². The quantitative estimate of drug-likeness (QED) is 0.241. The third-order valence-corrected chi connectivity index (χ3v) is 4.97. The Morgan fingerprint density at radius 1 is 0.848 bits per heavy atom. The number of hydrogen-bond acceptors (Lipinski definition) is 7. The Bertz CT molecular complexity index is 1370. The maximum Gasteiger partial charge on any atom is 0.338 e. The predicted octanol–water partition coefficient (Wildman–Crippen LogP) is 4.75. The molecular weight excluding hydrogens is 424 g/mol. The van der Waals surface area contributed by atoms with Gasteiger partial charge in [0.05, 0.1) is 12.7 Å². The zero-order valence-electron chi connectivity index (χ0n) is 18.0. The van der Waals surface area contributed by atoms with Crippen molar-refractivity contribution in [2.45, 2.75) is 13.5 Å². The summed E-state index contributed by atoms with van der Waals surface area (Å²) in [5.74, 6) is 0.129. The maximum atomic E-state index is 12.5. The maximum absolute atomic E-state index is 12.5. The molecule has 0 saturated heterocycles. The number of rotatable bonds is 6. The number of esters is 2. The van der Waals surface area contributed by atoms with Crippen molar-refractivity contribution in [3.8, 4) is 22.6 Å². The normalized spacial score (nSPS) is 10.6. The van der Waals surface area contributed by atoms with Crippen molar-refractivity contribution in [1.29, 1.82) is 0 Å². The SMILES string of the molecule is COc1ccc2c(COC(=O)c3ccc(-c4ccc(OC(C)=O)cc4)cc3)cc(=O)oc2c1. The highest BCUT2D eigenvalue weighted by Crippen LogP contribution is 2.25. The first-order valence-corrected chi connectivity index (χ1v) is 10.1. The van der Waals surface area contributed by atoms with Gasteiger partial charge in [0.2, 0.25) is 0 Å². The molecule has 0 aliphatic carbocycles. The monoisotopic (exact) mass is 444 g/mol. The van der Waals surface area contributed by atoms with Crippen molar-refractivity contribution in [1.82, 2.24) is 0 Å². The smallest absolute Gasteiger partial charge is 0.338 e. The van der Waals surface area contributed by atoms with Crippen molar-refractivity contribution in [2.24, 2.45) is 0 Å². The van der Waals surface area contributed by atoms with Crippen molar-refractivity contribution in [3.05, 3.63) is 94.3 Å². The standard InChI is InChI=1S/C26H20O7/c1-16(27)32-21-9-7-18(8-10-21)17-3-5-19(6-4-17)26(29)31-15-20-13-25(28)33-24-14-22(30-2)11-12-23(20)24/h3-14H,15H2,1-2H3. The van der Waals surface area contributed by atoms with Crippen molar-refractivity contribution in [3.63, 3.8) is 0 Å². The van der Waals surface area contributed by atoms with Crippen LogP contribution in [0, 0.1) is 0 Å². The van der Waals surface area contributed by atoms with Gasteiger partial charge in [0.25, 0.3) is 0 Å². The molecule has 7 nitrogen and oxygen atoms in total. The fraction of sp³-hybridized carbons (Fsp3) is 0.115. The molecule has 0 saturated carbocycles. The van der Waals surface area contributed by atoms with Crippen molar-refractivity contribution in [2.75, 3.05) is 7.11 Å². The lowest BCUT2D eigenvalue weighted by atomic mass is 10.0. The summed E-state index contributed by atoms with van der Waals surface area (Å²) in [6.07, 6.45) is 0. The van der Waals surface area contributed by atoms with Crippen LogP contribution in [-0.2, 0) is 16.1 Å². The summed E-state index contributed by atoms with van der Waals surface area (Å²) in [4.78, 5) is 35.5. The molecule has 0 radical (unpaired) electrons. The molecule has 3 aromatic carbocycles. The van der Waals surface area contributed by atoms with Gasteiger partial charge in [-0.2, -0.15) is 0 Å². The first-order valence-electron chi connectivity index (χ1n) is 10.1. The van der Waals surface area contributed by atoms with E-state index in [2.05, 4.69) is 0 Å². The highest BCUT2D eigenvalue weighted by Gasteiger charge is 2.12. The zero-order valence-corrected chi connectivity index (χ0v) is 18.0. The summed E-state index contributed by atoms with van der Waals surface area (Å²) in [5, 5.41) is 0.663.